The Labute approximate surface area is 133 Å². The molecule has 22 heavy (non-hydrogen) atoms. The standard InChI is InChI=1S/C15H19N5OS/c1-19(2)13-11(17-14(21)12-6-5-9-22-12)10-16-15(18-13)20-7-3-4-8-20/h5-6,9-10H,3-4,7-8H2,1-2H3,(H,17,21). The highest BCUT2D eigenvalue weighted by molar-refractivity contribution is 7.12. The summed E-state index contributed by atoms with van der Waals surface area (Å²) in [6.07, 6.45) is 4.05. The molecular weight excluding hydrogens is 298 g/mol. The van der Waals surface area contributed by atoms with Crippen LogP contribution in [0.1, 0.15) is 22.5 Å². The number of hydrogen-bond acceptors (Lipinski definition) is 6. The maximum absolute atomic E-state index is 12.2. The summed E-state index contributed by atoms with van der Waals surface area (Å²) in [5.74, 6) is 1.33. The molecule has 0 spiro atoms. The Morgan fingerprint density at radius 2 is 2.14 bits per heavy atom. The number of rotatable bonds is 4. The second-order valence-electron chi connectivity index (χ2n) is 5.43. The summed E-state index contributed by atoms with van der Waals surface area (Å²) in [4.78, 5) is 26.0. The first kappa shape index (κ1) is 14.8. The average Bonchev–Trinajstić information content (AvgIpc) is 3.21. The fourth-order valence-corrected chi connectivity index (χ4v) is 3.07. The van der Waals surface area contributed by atoms with Crippen molar-refractivity contribution in [1.29, 1.82) is 0 Å². The Kier molecular flexibility index (Phi) is 4.24. The minimum Gasteiger partial charge on any atom is -0.361 e. The van der Waals surface area contributed by atoms with E-state index in [2.05, 4.69) is 20.2 Å². The minimum absolute atomic E-state index is 0.129. The van der Waals surface area contributed by atoms with E-state index in [4.69, 9.17) is 0 Å². The van der Waals surface area contributed by atoms with Crippen LogP contribution in [0.25, 0.3) is 0 Å². The van der Waals surface area contributed by atoms with Crippen molar-refractivity contribution < 1.29 is 4.79 Å². The van der Waals surface area contributed by atoms with Gasteiger partial charge in [-0.2, -0.15) is 4.98 Å². The van der Waals surface area contributed by atoms with Crippen LogP contribution in [0.15, 0.2) is 23.7 Å². The van der Waals surface area contributed by atoms with E-state index in [0.717, 1.165) is 24.9 Å². The highest BCUT2D eigenvalue weighted by atomic mass is 32.1. The maximum Gasteiger partial charge on any atom is 0.265 e. The van der Waals surface area contributed by atoms with Gasteiger partial charge in [-0.25, -0.2) is 4.98 Å². The van der Waals surface area contributed by atoms with Crippen LogP contribution in [0.2, 0.25) is 0 Å². The van der Waals surface area contributed by atoms with Gasteiger partial charge in [0.05, 0.1) is 11.1 Å². The summed E-state index contributed by atoms with van der Waals surface area (Å²) < 4.78 is 0. The molecule has 1 aliphatic heterocycles. The summed E-state index contributed by atoms with van der Waals surface area (Å²) in [6, 6.07) is 3.66. The molecule has 0 atom stereocenters. The zero-order valence-corrected chi connectivity index (χ0v) is 13.6. The zero-order chi connectivity index (χ0) is 15.5. The molecule has 0 radical (unpaired) electrons. The van der Waals surface area contributed by atoms with E-state index in [1.807, 2.05) is 30.4 Å². The number of hydrogen-bond donors (Lipinski definition) is 1. The Balaban J connectivity index is 1.85. The molecule has 1 fully saturated rings. The number of nitrogens with zero attached hydrogens (tertiary/aromatic N) is 4. The molecule has 116 valence electrons. The first-order valence-corrected chi connectivity index (χ1v) is 8.17. The second-order valence-corrected chi connectivity index (χ2v) is 6.37. The van der Waals surface area contributed by atoms with Gasteiger partial charge >= 0.3 is 0 Å². The molecule has 1 saturated heterocycles. The molecule has 3 rings (SSSR count). The molecule has 1 N–H and O–H groups in total. The lowest BCUT2D eigenvalue weighted by atomic mass is 10.4. The second kappa shape index (κ2) is 6.31. The molecule has 1 amide bonds. The van der Waals surface area contributed by atoms with Crippen molar-refractivity contribution in [3.05, 3.63) is 28.6 Å². The van der Waals surface area contributed by atoms with Crippen LogP contribution >= 0.6 is 11.3 Å². The summed E-state index contributed by atoms with van der Waals surface area (Å²) in [5.41, 5.74) is 0.631. The fourth-order valence-electron chi connectivity index (χ4n) is 2.45. The van der Waals surface area contributed by atoms with Gasteiger partial charge in [-0.1, -0.05) is 6.07 Å². The number of anilines is 3. The number of thiophene rings is 1. The van der Waals surface area contributed by atoms with Crippen LogP contribution in [0.3, 0.4) is 0 Å². The van der Waals surface area contributed by atoms with Gasteiger partial charge in [0.2, 0.25) is 5.95 Å². The first-order valence-electron chi connectivity index (χ1n) is 7.29. The van der Waals surface area contributed by atoms with Crippen molar-refractivity contribution in [1.82, 2.24) is 9.97 Å². The van der Waals surface area contributed by atoms with Gasteiger partial charge < -0.3 is 15.1 Å². The van der Waals surface area contributed by atoms with Gasteiger partial charge in [-0.15, -0.1) is 11.3 Å². The van der Waals surface area contributed by atoms with Crippen LogP contribution in [0.5, 0.6) is 0 Å². The first-order chi connectivity index (χ1) is 10.6. The van der Waals surface area contributed by atoms with Crippen molar-refractivity contribution in [3.8, 4) is 0 Å². The van der Waals surface area contributed by atoms with Gasteiger partial charge in [-0.3, -0.25) is 4.79 Å². The van der Waals surface area contributed by atoms with Crippen molar-refractivity contribution in [2.75, 3.05) is 42.3 Å². The number of carbonyl (C=O) groups excluding carboxylic acids is 1. The third-order valence-corrected chi connectivity index (χ3v) is 4.43. The van der Waals surface area contributed by atoms with Crippen LogP contribution in [0.4, 0.5) is 17.5 Å². The van der Waals surface area contributed by atoms with E-state index in [9.17, 15) is 4.79 Å². The molecule has 1 aliphatic rings. The number of carbonyl (C=O) groups is 1. The molecule has 7 heteroatoms. The molecule has 0 bridgehead atoms. The van der Waals surface area contributed by atoms with E-state index in [0.29, 0.717) is 10.6 Å². The summed E-state index contributed by atoms with van der Waals surface area (Å²) in [5, 5.41) is 4.78. The summed E-state index contributed by atoms with van der Waals surface area (Å²) in [6.45, 7) is 1.99. The van der Waals surface area contributed by atoms with Crippen LogP contribution < -0.4 is 15.1 Å². The number of aromatic nitrogens is 2. The molecule has 0 unspecified atom stereocenters. The van der Waals surface area contributed by atoms with Crippen molar-refractivity contribution in [3.63, 3.8) is 0 Å². The molecule has 2 aromatic rings. The van der Waals surface area contributed by atoms with E-state index >= 15 is 0 Å². The topological polar surface area (TPSA) is 61.4 Å². The SMILES string of the molecule is CN(C)c1nc(N2CCCC2)ncc1NC(=O)c1cccs1. The van der Waals surface area contributed by atoms with Gasteiger partial charge in [0.1, 0.15) is 5.69 Å². The largest absolute Gasteiger partial charge is 0.361 e. The van der Waals surface area contributed by atoms with Crippen LogP contribution in [-0.2, 0) is 0 Å². The molecule has 0 saturated carbocycles. The lowest BCUT2D eigenvalue weighted by Crippen LogP contribution is -2.23. The van der Waals surface area contributed by atoms with Crippen molar-refractivity contribution in [2.45, 2.75) is 12.8 Å². The highest BCUT2D eigenvalue weighted by Crippen LogP contribution is 2.26. The molecular formula is C15H19N5OS. The van der Waals surface area contributed by atoms with E-state index in [1.165, 1.54) is 24.2 Å². The Bertz CT molecular complexity index is 650. The maximum atomic E-state index is 12.2. The zero-order valence-electron chi connectivity index (χ0n) is 12.7. The van der Waals surface area contributed by atoms with E-state index in [1.54, 1.807) is 12.3 Å². The summed E-state index contributed by atoms with van der Waals surface area (Å²) >= 11 is 1.41. The van der Waals surface area contributed by atoms with Gasteiger partial charge in [0.25, 0.3) is 5.91 Å². The normalized spacial score (nSPS) is 14.2. The smallest absolute Gasteiger partial charge is 0.265 e. The van der Waals surface area contributed by atoms with Crippen LogP contribution in [-0.4, -0.2) is 43.1 Å². The van der Waals surface area contributed by atoms with Crippen molar-refractivity contribution in [2.24, 2.45) is 0 Å². The average molecular weight is 317 g/mol. The molecule has 0 aromatic carbocycles. The Hall–Kier alpha value is -2.15. The molecule has 6 nitrogen and oxygen atoms in total. The van der Waals surface area contributed by atoms with Crippen molar-refractivity contribution >= 4 is 34.7 Å². The lowest BCUT2D eigenvalue weighted by molar-refractivity contribution is 0.103. The van der Waals surface area contributed by atoms with E-state index in [-0.39, 0.29) is 5.91 Å². The lowest BCUT2D eigenvalue weighted by Gasteiger charge is -2.20. The predicted octanol–water partition coefficient (Wildman–Crippen LogP) is 2.46. The summed E-state index contributed by atoms with van der Waals surface area (Å²) in [7, 11) is 3.83. The molecule has 0 aliphatic carbocycles. The minimum atomic E-state index is -0.129. The van der Waals surface area contributed by atoms with Gasteiger partial charge in [-0.05, 0) is 24.3 Å². The fraction of sp³-hybridized carbons (Fsp3) is 0.400. The Morgan fingerprint density at radius 3 is 2.77 bits per heavy atom. The van der Waals surface area contributed by atoms with E-state index < -0.39 is 0 Å². The quantitative estimate of drug-likeness (QED) is 0.938. The molecule has 2 aromatic heterocycles. The van der Waals surface area contributed by atoms with Gasteiger partial charge in [0, 0.05) is 27.2 Å². The third-order valence-electron chi connectivity index (χ3n) is 3.56. The van der Waals surface area contributed by atoms with Gasteiger partial charge in [0.15, 0.2) is 5.82 Å². The third kappa shape index (κ3) is 3.04. The highest BCUT2D eigenvalue weighted by Gasteiger charge is 2.19. The number of amides is 1. The molecule has 3 heterocycles. The number of nitrogens with one attached hydrogen (secondary N) is 1. The Morgan fingerprint density at radius 1 is 1.36 bits per heavy atom. The predicted molar refractivity (Wildman–Crippen MR) is 90.1 cm³/mol. The monoisotopic (exact) mass is 317 g/mol. The van der Waals surface area contributed by atoms with Crippen LogP contribution in [0, 0.1) is 0 Å².